The van der Waals surface area contributed by atoms with E-state index in [9.17, 15) is 14.4 Å². The van der Waals surface area contributed by atoms with Crippen LogP contribution in [0.5, 0.6) is 5.75 Å². The number of ether oxygens (including phenoxy) is 1. The van der Waals surface area contributed by atoms with E-state index in [2.05, 4.69) is 15.8 Å². The molecule has 0 fully saturated rings. The van der Waals surface area contributed by atoms with Gasteiger partial charge in [-0.25, -0.2) is 10.2 Å². The number of benzene rings is 1. The van der Waals surface area contributed by atoms with E-state index in [0.717, 1.165) is 0 Å². The predicted octanol–water partition coefficient (Wildman–Crippen LogP) is 1.97. The Morgan fingerprint density at radius 1 is 1.00 bits per heavy atom. The van der Waals surface area contributed by atoms with Crippen molar-refractivity contribution in [3.63, 3.8) is 0 Å². The number of hydrazone groups is 1. The molecule has 0 aliphatic heterocycles. The molecule has 0 aliphatic carbocycles. The van der Waals surface area contributed by atoms with Gasteiger partial charge in [-0.3, -0.25) is 9.59 Å². The van der Waals surface area contributed by atoms with E-state index >= 15 is 0 Å². The Bertz CT molecular complexity index is 977. The summed E-state index contributed by atoms with van der Waals surface area (Å²) < 4.78 is 15.1. The molecular weight excluding hydrogens is 366 g/mol. The second kappa shape index (κ2) is 8.99. The molecule has 1 aromatic carbocycles. The van der Waals surface area contributed by atoms with Gasteiger partial charge in [-0.1, -0.05) is 12.1 Å². The maximum atomic E-state index is 11.9. The third kappa shape index (κ3) is 5.18. The second-order valence-electron chi connectivity index (χ2n) is 5.39. The van der Waals surface area contributed by atoms with Crippen LogP contribution in [-0.4, -0.2) is 30.5 Å². The number of esters is 1. The number of hydrogen-bond donors (Lipinski definition) is 2. The Morgan fingerprint density at radius 2 is 1.75 bits per heavy atom. The van der Waals surface area contributed by atoms with Gasteiger partial charge in [0.25, 0.3) is 11.8 Å². The summed E-state index contributed by atoms with van der Waals surface area (Å²) in [6, 6.07) is 12.7. The molecule has 3 rings (SSSR count). The Labute approximate surface area is 159 Å². The van der Waals surface area contributed by atoms with Gasteiger partial charge < -0.3 is 18.9 Å². The van der Waals surface area contributed by atoms with E-state index < -0.39 is 17.8 Å². The monoisotopic (exact) mass is 381 g/mol. The SMILES string of the molecule is O=C(CNC(=O)c1ccco1)N/N=C/c1cccc(OC(=O)c2ccco2)c1. The number of nitrogens with one attached hydrogen (secondary N) is 2. The molecule has 2 N–H and O–H groups in total. The number of carbonyl (C=O) groups is 3. The van der Waals surface area contributed by atoms with Gasteiger partial charge in [0.1, 0.15) is 5.75 Å². The lowest BCUT2D eigenvalue weighted by atomic mass is 10.2. The first-order valence-corrected chi connectivity index (χ1v) is 8.11. The van der Waals surface area contributed by atoms with E-state index in [1.54, 1.807) is 36.4 Å². The maximum absolute atomic E-state index is 11.9. The van der Waals surface area contributed by atoms with Gasteiger partial charge in [0, 0.05) is 0 Å². The van der Waals surface area contributed by atoms with Gasteiger partial charge in [0.15, 0.2) is 5.76 Å². The van der Waals surface area contributed by atoms with Gasteiger partial charge in [-0.15, -0.1) is 0 Å². The first-order valence-electron chi connectivity index (χ1n) is 8.11. The Kier molecular flexibility index (Phi) is 5.99. The molecule has 3 aromatic rings. The molecule has 2 aromatic heterocycles. The summed E-state index contributed by atoms with van der Waals surface area (Å²) in [4.78, 5) is 35.2. The van der Waals surface area contributed by atoms with Crippen LogP contribution < -0.4 is 15.5 Å². The maximum Gasteiger partial charge on any atom is 0.379 e. The summed E-state index contributed by atoms with van der Waals surface area (Å²) >= 11 is 0. The Balaban J connectivity index is 1.48. The van der Waals surface area contributed by atoms with Crippen molar-refractivity contribution in [1.82, 2.24) is 10.7 Å². The van der Waals surface area contributed by atoms with Crippen LogP contribution in [0.4, 0.5) is 0 Å². The summed E-state index contributed by atoms with van der Waals surface area (Å²) in [6.45, 7) is -0.266. The fourth-order valence-corrected chi connectivity index (χ4v) is 2.08. The van der Waals surface area contributed by atoms with Crippen LogP contribution in [0.3, 0.4) is 0 Å². The fraction of sp³-hybridized carbons (Fsp3) is 0.0526. The summed E-state index contributed by atoms with van der Waals surface area (Å²) in [5.74, 6) is -1.16. The molecule has 0 unspecified atom stereocenters. The predicted molar refractivity (Wildman–Crippen MR) is 96.9 cm³/mol. The first kappa shape index (κ1) is 18.6. The van der Waals surface area contributed by atoms with E-state index in [1.807, 2.05) is 0 Å². The molecule has 28 heavy (non-hydrogen) atoms. The summed E-state index contributed by atoms with van der Waals surface area (Å²) in [7, 11) is 0. The minimum absolute atomic E-state index is 0.0860. The van der Waals surface area contributed by atoms with Crippen molar-refractivity contribution in [1.29, 1.82) is 0 Å². The van der Waals surface area contributed by atoms with Crippen molar-refractivity contribution < 1.29 is 28.0 Å². The normalized spacial score (nSPS) is 10.6. The van der Waals surface area contributed by atoms with Gasteiger partial charge >= 0.3 is 5.97 Å². The average Bonchev–Trinajstić information content (AvgIpc) is 3.40. The smallest absolute Gasteiger partial charge is 0.379 e. The summed E-state index contributed by atoms with van der Waals surface area (Å²) in [5, 5.41) is 6.19. The van der Waals surface area contributed by atoms with Gasteiger partial charge in [0.05, 0.1) is 25.3 Å². The minimum Gasteiger partial charge on any atom is -0.459 e. The van der Waals surface area contributed by atoms with Crippen LogP contribution in [0.1, 0.15) is 26.7 Å². The zero-order chi connectivity index (χ0) is 19.8. The van der Waals surface area contributed by atoms with Crippen LogP contribution in [-0.2, 0) is 4.79 Å². The van der Waals surface area contributed by atoms with Crippen LogP contribution in [0.25, 0.3) is 0 Å². The van der Waals surface area contributed by atoms with E-state index in [4.69, 9.17) is 13.6 Å². The molecule has 9 nitrogen and oxygen atoms in total. The van der Waals surface area contributed by atoms with Crippen molar-refractivity contribution in [3.8, 4) is 5.75 Å². The van der Waals surface area contributed by atoms with Gasteiger partial charge in [0.2, 0.25) is 5.76 Å². The number of rotatable bonds is 7. The highest BCUT2D eigenvalue weighted by Gasteiger charge is 2.11. The van der Waals surface area contributed by atoms with Crippen LogP contribution >= 0.6 is 0 Å². The van der Waals surface area contributed by atoms with Crippen LogP contribution in [0.2, 0.25) is 0 Å². The number of furan rings is 2. The molecule has 0 atom stereocenters. The molecule has 0 radical (unpaired) electrons. The topological polar surface area (TPSA) is 123 Å². The number of amides is 2. The van der Waals surface area contributed by atoms with Crippen molar-refractivity contribution in [2.45, 2.75) is 0 Å². The first-order chi connectivity index (χ1) is 13.6. The molecule has 9 heteroatoms. The van der Waals surface area contributed by atoms with Crippen LogP contribution in [0, 0.1) is 0 Å². The number of nitrogens with zero attached hydrogens (tertiary/aromatic N) is 1. The van der Waals surface area contributed by atoms with E-state index in [0.29, 0.717) is 11.3 Å². The third-order valence-electron chi connectivity index (χ3n) is 3.35. The highest BCUT2D eigenvalue weighted by molar-refractivity contribution is 5.94. The molecule has 0 aliphatic rings. The van der Waals surface area contributed by atoms with Crippen LogP contribution in [0.15, 0.2) is 75.0 Å². The van der Waals surface area contributed by atoms with Gasteiger partial charge in [-0.2, -0.15) is 5.10 Å². The van der Waals surface area contributed by atoms with Crippen molar-refractivity contribution >= 4 is 24.0 Å². The summed E-state index contributed by atoms with van der Waals surface area (Å²) in [5.41, 5.74) is 2.86. The molecular formula is C19H15N3O6. The van der Waals surface area contributed by atoms with Crippen molar-refractivity contribution in [2.24, 2.45) is 5.10 Å². The second-order valence-corrected chi connectivity index (χ2v) is 5.39. The van der Waals surface area contributed by atoms with E-state index in [1.165, 1.54) is 30.9 Å². The zero-order valence-corrected chi connectivity index (χ0v) is 14.5. The molecule has 0 saturated carbocycles. The molecule has 0 saturated heterocycles. The summed E-state index contributed by atoms with van der Waals surface area (Å²) in [6.07, 6.45) is 4.11. The largest absolute Gasteiger partial charge is 0.459 e. The molecule has 0 bridgehead atoms. The number of hydrogen-bond acceptors (Lipinski definition) is 7. The van der Waals surface area contributed by atoms with E-state index in [-0.39, 0.29) is 18.1 Å². The highest BCUT2D eigenvalue weighted by Crippen LogP contribution is 2.14. The molecule has 2 heterocycles. The zero-order valence-electron chi connectivity index (χ0n) is 14.5. The van der Waals surface area contributed by atoms with Crippen molar-refractivity contribution in [2.75, 3.05) is 6.54 Å². The lowest BCUT2D eigenvalue weighted by Crippen LogP contribution is -2.34. The number of carbonyl (C=O) groups excluding carboxylic acids is 3. The fourth-order valence-electron chi connectivity index (χ4n) is 2.08. The molecule has 0 spiro atoms. The lowest BCUT2D eigenvalue weighted by molar-refractivity contribution is -0.120. The third-order valence-corrected chi connectivity index (χ3v) is 3.35. The standard InChI is InChI=1S/C19H15N3O6/c23-17(12-20-18(24)15-6-2-8-26-15)22-21-11-13-4-1-5-14(10-13)28-19(25)16-7-3-9-27-16/h1-11H,12H2,(H,20,24)(H,22,23)/b21-11+. The highest BCUT2D eigenvalue weighted by atomic mass is 16.5. The quantitative estimate of drug-likeness (QED) is 0.279. The minimum atomic E-state index is -0.625. The Hall–Kier alpha value is -4.14. The average molecular weight is 381 g/mol. The van der Waals surface area contributed by atoms with Crippen molar-refractivity contribution in [3.05, 3.63) is 78.1 Å². The molecule has 142 valence electrons. The lowest BCUT2D eigenvalue weighted by Gasteiger charge is -2.03. The Morgan fingerprint density at radius 3 is 2.46 bits per heavy atom. The van der Waals surface area contributed by atoms with Gasteiger partial charge in [-0.05, 0) is 42.0 Å². The molecule has 2 amide bonds.